The molecule has 2 aliphatic rings. The SMILES string of the molecule is O=C(c1ccc(=O)[nH]n1)N1CCN(c2ccc(-c3noc(C4CC4)n3)cn2)CC1. The highest BCUT2D eigenvalue weighted by Gasteiger charge is 2.30. The minimum Gasteiger partial charge on any atom is -0.353 e. The van der Waals surface area contributed by atoms with Crippen molar-refractivity contribution in [3.8, 4) is 11.4 Å². The van der Waals surface area contributed by atoms with Gasteiger partial charge in [0.25, 0.3) is 11.5 Å². The number of aromatic nitrogens is 5. The van der Waals surface area contributed by atoms with E-state index >= 15 is 0 Å². The van der Waals surface area contributed by atoms with Crippen molar-refractivity contribution in [2.24, 2.45) is 0 Å². The molecule has 29 heavy (non-hydrogen) atoms. The van der Waals surface area contributed by atoms with Gasteiger partial charge in [0.2, 0.25) is 11.7 Å². The van der Waals surface area contributed by atoms with E-state index in [2.05, 4.69) is 30.2 Å². The summed E-state index contributed by atoms with van der Waals surface area (Å²) in [5, 5.41) is 10.1. The third-order valence-electron chi connectivity index (χ3n) is 5.16. The molecule has 3 aromatic rings. The molecule has 10 heteroatoms. The van der Waals surface area contributed by atoms with Crippen molar-refractivity contribution in [1.29, 1.82) is 0 Å². The van der Waals surface area contributed by atoms with E-state index in [0.717, 1.165) is 24.2 Å². The van der Waals surface area contributed by atoms with Crippen LogP contribution in [0.15, 0.2) is 39.8 Å². The molecule has 10 nitrogen and oxygen atoms in total. The zero-order valence-electron chi connectivity index (χ0n) is 15.6. The summed E-state index contributed by atoms with van der Waals surface area (Å²) in [6.07, 6.45) is 3.98. The molecule has 1 aliphatic heterocycles. The maximum absolute atomic E-state index is 12.5. The molecular formula is C19H19N7O3. The van der Waals surface area contributed by atoms with E-state index in [0.29, 0.717) is 43.8 Å². The number of piperazine rings is 1. The fraction of sp³-hybridized carbons (Fsp3) is 0.368. The van der Waals surface area contributed by atoms with Crippen LogP contribution in [0.5, 0.6) is 0 Å². The van der Waals surface area contributed by atoms with Gasteiger partial charge in [0, 0.05) is 49.9 Å². The lowest BCUT2D eigenvalue weighted by Gasteiger charge is -2.35. The number of H-pyrrole nitrogens is 1. The molecule has 1 aliphatic carbocycles. The number of nitrogens with zero attached hydrogens (tertiary/aromatic N) is 6. The maximum Gasteiger partial charge on any atom is 0.274 e. The van der Waals surface area contributed by atoms with Crippen LogP contribution in [0, 0.1) is 0 Å². The summed E-state index contributed by atoms with van der Waals surface area (Å²) >= 11 is 0. The van der Waals surface area contributed by atoms with Crippen LogP contribution in [0.3, 0.4) is 0 Å². The van der Waals surface area contributed by atoms with E-state index in [4.69, 9.17) is 4.52 Å². The molecular weight excluding hydrogens is 374 g/mol. The molecule has 4 heterocycles. The van der Waals surface area contributed by atoms with Gasteiger partial charge in [-0.15, -0.1) is 0 Å². The van der Waals surface area contributed by atoms with Crippen molar-refractivity contribution < 1.29 is 9.32 Å². The first kappa shape index (κ1) is 17.5. The molecule has 1 N–H and O–H groups in total. The number of hydrogen-bond acceptors (Lipinski definition) is 8. The van der Waals surface area contributed by atoms with Crippen LogP contribution in [0.2, 0.25) is 0 Å². The van der Waals surface area contributed by atoms with Gasteiger partial charge in [0.15, 0.2) is 0 Å². The summed E-state index contributed by atoms with van der Waals surface area (Å²) in [6.45, 7) is 2.43. The van der Waals surface area contributed by atoms with Gasteiger partial charge in [-0.25, -0.2) is 10.1 Å². The fourth-order valence-corrected chi connectivity index (χ4v) is 3.32. The lowest BCUT2D eigenvalue weighted by molar-refractivity contribution is 0.0739. The van der Waals surface area contributed by atoms with E-state index < -0.39 is 0 Å². The number of anilines is 1. The third kappa shape index (κ3) is 3.60. The summed E-state index contributed by atoms with van der Waals surface area (Å²) in [5.74, 6) is 2.35. The molecule has 0 spiro atoms. The Labute approximate surface area is 165 Å². The molecule has 1 saturated carbocycles. The van der Waals surface area contributed by atoms with E-state index in [9.17, 15) is 9.59 Å². The van der Waals surface area contributed by atoms with Gasteiger partial charge in [-0.05, 0) is 31.0 Å². The fourth-order valence-electron chi connectivity index (χ4n) is 3.32. The molecule has 0 atom stereocenters. The van der Waals surface area contributed by atoms with Crippen molar-refractivity contribution in [2.45, 2.75) is 18.8 Å². The van der Waals surface area contributed by atoms with E-state index in [1.54, 1.807) is 11.1 Å². The average Bonchev–Trinajstić information content (AvgIpc) is 3.51. The van der Waals surface area contributed by atoms with Gasteiger partial charge in [0.05, 0.1) is 0 Å². The first-order valence-electron chi connectivity index (χ1n) is 9.57. The molecule has 1 amide bonds. The molecule has 0 unspecified atom stereocenters. The molecule has 0 aromatic carbocycles. The highest BCUT2D eigenvalue weighted by atomic mass is 16.5. The number of aromatic amines is 1. The van der Waals surface area contributed by atoms with Crippen LogP contribution in [0.25, 0.3) is 11.4 Å². The van der Waals surface area contributed by atoms with Crippen LogP contribution < -0.4 is 10.5 Å². The summed E-state index contributed by atoms with van der Waals surface area (Å²) in [5.41, 5.74) is 0.735. The van der Waals surface area contributed by atoms with Gasteiger partial charge in [0.1, 0.15) is 11.5 Å². The summed E-state index contributed by atoms with van der Waals surface area (Å²) in [6, 6.07) is 6.62. The Kier molecular flexibility index (Phi) is 4.30. The lowest BCUT2D eigenvalue weighted by atomic mass is 10.2. The number of carbonyl (C=O) groups excluding carboxylic acids is 1. The molecule has 0 bridgehead atoms. The number of nitrogens with one attached hydrogen (secondary N) is 1. The monoisotopic (exact) mass is 393 g/mol. The molecule has 3 aromatic heterocycles. The lowest BCUT2D eigenvalue weighted by Crippen LogP contribution is -2.49. The summed E-state index contributed by atoms with van der Waals surface area (Å²) in [4.78, 5) is 36.4. The number of pyridine rings is 1. The Morgan fingerprint density at radius 1 is 1.10 bits per heavy atom. The van der Waals surface area contributed by atoms with Crippen LogP contribution in [-0.4, -0.2) is 62.3 Å². The van der Waals surface area contributed by atoms with E-state index in [1.165, 1.54) is 12.1 Å². The van der Waals surface area contributed by atoms with Gasteiger partial charge in [-0.1, -0.05) is 5.16 Å². The summed E-state index contributed by atoms with van der Waals surface area (Å²) < 4.78 is 5.31. The smallest absolute Gasteiger partial charge is 0.274 e. The number of hydrogen-bond donors (Lipinski definition) is 1. The number of carbonyl (C=O) groups is 1. The predicted octanol–water partition coefficient (Wildman–Crippen LogP) is 1.05. The van der Waals surface area contributed by atoms with Crippen molar-refractivity contribution in [3.05, 3.63) is 52.4 Å². The Hall–Kier alpha value is -3.56. The quantitative estimate of drug-likeness (QED) is 0.698. The highest BCUT2D eigenvalue weighted by Crippen LogP contribution is 2.39. The largest absolute Gasteiger partial charge is 0.353 e. The normalized spacial score (nSPS) is 16.8. The van der Waals surface area contributed by atoms with Gasteiger partial charge >= 0.3 is 0 Å². The standard InChI is InChI=1S/C19H19N7O3/c27-16-6-4-14(22-23-16)19(28)26-9-7-25(8-10-26)15-5-3-13(11-20-15)17-21-18(29-24-17)12-1-2-12/h3-6,11-12H,1-2,7-10H2,(H,23,27). The maximum atomic E-state index is 12.5. The zero-order valence-corrected chi connectivity index (χ0v) is 15.6. The highest BCUT2D eigenvalue weighted by molar-refractivity contribution is 5.92. The zero-order chi connectivity index (χ0) is 19.8. The molecule has 0 radical (unpaired) electrons. The van der Waals surface area contributed by atoms with E-state index in [-0.39, 0.29) is 17.2 Å². The number of rotatable bonds is 4. The van der Waals surface area contributed by atoms with Crippen molar-refractivity contribution in [2.75, 3.05) is 31.1 Å². The summed E-state index contributed by atoms with van der Waals surface area (Å²) in [7, 11) is 0. The third-order valence-corrected chi connectivity index (χ3v) is 5.16. The molecule has 2 fully saturated rings. The van der Waals surface area contributed by atoms with Crippen LogP contribution >= 0.6 is 0 Å². The van der Waals surface area contributed by atoms with Gasteiger partial charge < -0.3 is 14.3 Å². The Morgan fingerprint density at radius 2 is 1.93 bits per heavy atom. The first-order chi connectivity index (χ1) is 14.2. The van der Waals surface area contributed by atoms with Crippen molar-refractivity contribution in [3.63, 3.8) is 0 Å². The molecule has 5 rings (SSSR count). The first-order valence-corrected chi connectivity index (χ1v) is 9.57. The second kappa shape index (κ2) is 7.12. The minimum absolute atomic E-state index is 0.187. The predicted molar refractivity (Wildman–Crippen MR) is 102 cm³/mol. The van der Waals surface area contributed by atoms with E-state index in [1.807, 2.05) is 12.1 Å². The second-order valence-corrected chi connectivity index (χ2v) is 7.22. The van der Waals surface area contributed by atoms with Crippen molar-refractivity contribution in [1.82, 2.24) is 30.2 Å². The minimum atomic E-state index is -0.328. The topological polar surface area (TPSA) is 121 Å². The molecule has 1 saturated heterocycles. The van der Waals surface area contributed by atoms with Crippen LogP contribution in [0.1, 0.15) is 35.1 Å². The van der Waals surface area contributed by atoms with Crippen molar-refractivity contribution >= 4 is 11.7 Å². The average molecular weight is 393 g/mol. The van der Waals surface area contributed by atoms with Crippen LogP contribution in [0.4, 0.5) is 5.82 Å². The Bertz CT molecular complexity index is 1060. The molecule has 148 valence electrons. The Morgan fingerprint density at radius 3 is 2.59 bits per heavy atom. The number of amides is 1. The second-order valence-electron chi connectivity index (χ2n) is 7.22. The van der Waals surface area contributed by atoms with Gasteiger partial charge in [-0.2, -0.15) is 10.1 Å². The Balaban J connectivity index is 1.21. The van der Waals surface area contributed by atoms with Crippen LogP contribution in [-0.2, 0) is 0 Å². The van der Waals surface area contributed by atoms with Gasteiger partial charge in [-0.3, -0.25) is 9.59 Å².